The van der Waals surface area contributed by atoms with Crippen LogP contribution in [-0.4, -0.2) is 5.75 Å². The summed E-state index contributed by atoms with van der Waals surface area (Å²) >= 11 is 3.88. The van der Waals surface area contributed by atoms with E-state index in [-0.39, 0.29) is 0 Å². The van der Waals surface area contributed by atoms with Gasteiger partial charge in [-0.15, -0.1) is 11.3 Å². The van der Waals surface area contributed by atoms with E-state index in [1.54, 1.807) is 0 Å². The molecule has 0 saturated carbocycles. The van der Waals surface area contributed by atoms with E-state index >= 15 is 0 Å². The van der Waals surface area contributed by atoms with Gasteiger partial charge in [0.05, 0.1) is 0 Å². The predicted octanol–water partition coefficient (Wildman–Crippen LogP) is 3.64. The van der Waals surface area contributed by atoms with Gasteiger partial charge in [0.15, 0.2) is 0 Å². The highest BCUT2D eigenvalue weighted by Crippen LogP contribution is 2.18. The topological polar surface area (TPSA) is 0 Å². The zero-order valence-corrected chi connectivity index (χ0v) is 8.67. The zero-order chi connectivity index (χ0) is 8.10. The van der Waals surface area contributed by atoms with Crippen LogP contribution in [0.25, 0.3) is 0 Å². The summed E-state index contributed by atoms with van der Waals surface area (Å²) < 4.78 is 0. The Morgan fingerprint density at radius 1 is 1.55 bits per heavy atom. The summed E-state index contributed by atoms with van der Waals surface area (Å²) in [6.07, 6.45) is 0. The number of thioether (sulfide) groups is 1. The maximum atomic E-state index is 2.27. The summed E-state index contributed by atoms with van der Waals surface area (Å²) in [6.45, 7) is 4.53. The van der Waals surface area contributed by atoms with Gasteiger partial charge in [-0.3, -0.25) is 0 Å². The Bertz CT molecular complexity index is 177. The van der Waals surface area contributed by atoms with Gasteiger partial charge in [0, 0.05) is 10.6 Å². The van der Waals surface area contributed by atoms with E-state index in [4.69, 9.17) is 0 Å². The maximum absolute atomic E-state index is 2.27. The van der Waals surface area contributed by atoms with E-state index in [0.717, 1.165) is 5.92 Å². The van der Waals surface area contributed by atoms with Crippen LogP contribution in [0.2, 0.25) is 0 Å². The average molecular weight is 186 g/mol. The van der Waals surface area contributed by atoms with Crippen molar-refractivity contribution in [2.24, 2.45) is 5.92 Å². The maximum Gasteiger partial charge on any atom is 0.0279 e. The van der Waals surface area contributed by atoms with Gasteiger partial charge in [0.2, 0.25) is 0 Å². The second kappa shape index (κ2) is 4.83. The molecule has 11 heavy (non-hydrogen) atoms. The standard InChI is InChI=1S/C9H14S2/c1-8(2)6-10-7-9-4-3-5-11-9/h3-5,8H,6-7H2,1-2H3. The average Bonchev–Trinajstić information content (AvgIpc) is 2.39. The molecular weight excluding hydrogens is 172 g/mol. The van der Waals surface area contributed by atoms with Gasteiger partial charge in [0.1, 0.15) is 0 Å². The highest BCUT2D eigenvalue weighted by Gasteiger charge is 1.96. The molecule has 0 atom stereocenters. The third kappa shape index (κ3) is 3.82. The second-order valence-corrected chi connectivity index (χ2v) is 5.05. The summed E-state index contributed by atoms with van der Waals surface area (Å²) in [5.41, 5.74) is 0. The first-order chi connectivity index (χ1) is 5.29. The molecule has 0 fully saturated rings. The van der Waals surface area contributed by atoms with Crippen molar-refractivity contribution >= 4 is 23.1 Å². The number of hydrogen-bond donors (Lipinski definition) is 0. The first-order valence-electron chi connectivity index (χ1n) is 3.89. The molecule has 0 saturated heterocycles. The van der Waals surface area contributed by atoms with Gasteiger partial charge < -0.3 is 0 Å². The quantitative estimate of drug-likeness (QED) is 0.692. The fraction of sp³-hybridized carbons (Fsp3) is 0.556. The molecule has 0 aliphatic rings. The molecule has 0 radical (unpaired) electrons. The van der Waals surface area contributed by atoms with Gasteiger partial charge in [0.25, 0.3) is 0 Å². The molecule has 0 nitrogen and oxygen atoms in total. The molecule has 0 amide bonds. The van der Waals surface area contributed by atoms with Crippen LogP contribution in [0.4, 0.5) is 0 Å². The lowest BCUT2D eigenvalue weighted by molar-refractivity contribution is 0.750. The molecule has 0 unspecified atom stereocenters. The van der Waals surface area contributed by atoms with Crippen molar-refractivity contribution in [1.29, 1.82) is 0 Å². The molecule has 2 heteroatoms. The van der Waals surface area contributed by atoms with Crippen molar-refractivity contribution in [2.75, 3.05) is 5.75 Å². The number of thiophene rings is 1. The fourth-order valence-corrected chi connectivity index (χ4v) is 2.69. The Morgan fingerprint density at radius 3 is 2.91 bits per heavy atom. The smallest absolute Gasteiger partial charge is 0.0279 e. The molecule has 1 rings (SSSR count). The number of hydrogen-bond acceptors (Lipinski definition) is 2. The molecular formula is C9H14S2. The number of rotatable bonds is 4. The molecule has 62 valence electrons. The lowest BCUT2D eigenvalue weighted by atomic mass is 10.3. The predicted molar refractivity (Wildman–Crippen MR) is 55.3 cm³/mol. The van der Waals surface area contributed by atoms with E-state index in [1.807, 2.05) is 23.1 Å². The first kappa shape index (κ1) is 9.14. The largest absolute Gasteiger partial charge is 0.156 e. The summed E-state index contributed by atoms with van der Waals surface area (Å²) in [6, 6.07) is 4.33. The Labute approximate surface area is 77.0 Å². The van der Waals surface area contributed by atoms with Crippen LogP contribution >= 0.6 is 23.1 Å². The third-order valence-corrected chi connectivity index (χ3v) is 3.75. The van der Waals surface area contributed by atoms with Crippen LogP contribution < -0.4 is 0 Å². The van der Waals surface area contributed by atoms with Crippen LogP contribution in [0.15, 0.2) is 17.5 Å². The van der Waals surface area contributed by atoms with Gasteiger partial charge in [-0.1, -0.05) is 19.9 Å². The van der Waals surface area contributed by atoms with Gasteiger partial charge >= 0.3 is 0 Å². The van der Waals surface area contributed by atoms with E-state index in [2.05, 4.69) is 31.4 Å². The minimum atomic E-state index is 0.819. The van der Waals surface area contributed by atoms with Crippen LogP contribution in [0.1, 0.15) is 18.7 Å². The molecule has 0 N–H and O–H groups in total. The molecule has 1 aromatic rings. The SMILES string of the molecule is CC(C)CSCc1cccs1. The highest BCUT2D eigenvalue weighted by molar-refractivity contribution is 7.98. The Balaban J connectivity index is 2.14. The lowest BCUT2D eigenvalue weighted by Crippen LogP contribution is -1.90. The molecule has 1 aromatic heterocycles. The summed E-state index contributed by atoms with van der Waals surface area (Å²) in [5, 5.41) is 2.14. The fourth-order valence-electron chi connectivity index (χ4n) is 0.790. The first-order valence-corrected chi connectivity index (χ1v) is 5.92. The van der Waals surface area contributed by atoms with Crippen LogP contribution in [0.5, 0.6) is 0 Å². The van der Waals surface area contributed by atoms with Crippen molar-refractivity contribution in [3.05, 3.63) is 22.4 Å². The highest BCUT2D eigenvalue weighted by atomic mass is 32.2. The van der Waals surface area contributed by atoms with Gasteiger partial charge in [-0.2, -0.15) is 11.8 Å². The van der Waals surface area contributed by atoms with Crippen molar-refractivity contribution < 1.29 is 0 Å². The second-order valence-electron chi connectivity index (χ2n) is 2.99. The minimum absolute atomic E-state index is 0.819. The molecule has 0 aromatic carbocycles. The normalized spacial score (nSPS) is 10.8. The Hall–Kier alpha value is 0.0500. The third-order valence-electron chi connectivity index (χ3n) is 1.28. The monoisotopic (exact) mass is 186 g/mol. The van der Waals surface area contributed by atoms with Crippen LogP contribution in [0, 0.1) is 5.92 Å². The lowest BCUT2D eigenvalue weighted by Gasteiger charge is -2.01. The molecule has 0 aliphatic heterocycles. The molecule has 0 aliphatic carbocycles. The van der Waals surface area contributed by atoms with Crippen LogP contribution in [-0.2, 0) is 5.75 Å². The van der Waals surface area contributed by atoms with Crippen molar-refractivity contribution in [1.82, 2.24) is 0 Å². The minimum Gasteiger partial charge on any atom is -0.156 e. The summed E-state index contributed by atoms with van der Waals surface area (Å²) in [4.78, 5) is 1.50. The molecule has 0 bridgehead atoms. The summed E-state index contributed by atoms with van der Waals surface area (Å²) in [7, 11) is 0. The van der Waals surface area contributed by atoms with Gasteiger partial charge in [-0.25, -0.2) is 0 Å². The molecule has 1 heterocycles. The van der Waals surface area contributed by atoms with Crippen molar-refractivity contribution in [3.63, 3.8) is 0 Å². The Kier molecular flexibility index (Phi) is 4.02. The van der Waals surface area contributed by atoms with E-state index in [9.17, 15) is 0 Å². The van der Waals surface area contributed by atoms with E-state index in [0.29, 0.717) is 0 Å². The van der Waals surface area contributed by atoms with E-state index in [1.165, 1.54) is 16.4 Å². The Morgan fingerprint density at radius 2 is 2.36 bits per heavy atom. The summed E-state index contributed by atoms with van der Waals surface area (Å²) in [5.74, 6) is 3.29. The molecule has 0 spiro atoms. The zero-order valence-electron chi connectivity index (χ0n) is 7.04. The van der Waals surface area contributed by atoms with Crippen molar-refractivity contribution in [2.45, 2.75) is 19.6 Å². The van der Waals surface area contributed by atoms with Gasteiger partial charge in [-0.05, 0) is 23.1 Å². The van der Waals surface area contributed by atoms with Crippen molar-refractivity contribution in [3.8, 4) is 0 Å². The van der Waals surface area contributed by atoms with Crippen LogP contribution in [0.3, 0.4) is 0 Å². The van der Waals surface area contributed by atoms with E-state index < -0.39 is 0 Å².